The maximum Gasteiger partial charge on any atom is 0.247 e. The Kier molecular flexibility index (Phi) is 5.76. The van der Waals surface area contributed by atoms with E-state index in [2.05, 4.69) is 21.2 Å². The fourth-order valence-electron chi connectivity index (χ4n) is 2.06. The molecular weight excluding hydrogens is 346 g/mol. The van der Waals surface area contributed by atoms with Crippen molar-refractivity contribution in [2.45, 2.75) is 38.8 Å². The highest BCUT2D eigenvalue weighted by atomic mass is 79.9. The van der Waals surface area contributed by atoms with E-state index in [-0.39, 0.29) is 23.9 Å². The van der Waals surface area contributed by atoms with Crippen LogP contribution in [0.2, 0.25) is 0 Å². The summed E-state index contributed by atoms with van der Waals surface area (Å²) in [7, 11) is 1.58. The quantitative estimate of drug-likeness (QED) is 0.851. The van der Waals surface area contributed by atoms with Gasteiger partial charge >= 0.3 is 0 Å². The molecule has 5 nitrogen and oxygen atoms in total. The molecule has 0 bridgehead atoms. The van der Waals surface area contributed by atoms with Gasteiger partial charge in [0.15, 0.2) is 0 Å². The van der Waals surface area contributed by atoms with Crippen molar-refractivity contribution in [3.05, 3.63) is 34.3 Å². The van der Waals surface area contributed by atoms with Gasteiger partial charge in [-0.3, -0.25) is 9.59 Å². The van der Waals surface area contributed by atoms with E-state index < -0.39 is 5.54 Å². The van der Waals surface area contributed by atoms with E-state index in [1.54, 1.807) is 26.1 Å². The number of hydrogen-bond donors (Lipinski definition) is 2. The zero-order chi connectivity index (χ0) is 17.1. The molecule has 0 aliphatic carbocycles. The maximum absolute atomic E-state index is 12.6. The number of nitrogens with zero attached hydrogens (tertiary/aromatic N) is 1. The molecule has 1 aromatic carbocycles. The van der Waals surface area contributed by atoms with Crippen LogP contribution < -0.4 is 11.1 Å². The van der Waals surface area contributed by atoms with Crippen molar-refractivity contribution >= 4 is 27.7 Å². The number of hydrogen-bond acceptors (Lipinski definition) is 3. The molecule has 0 aliphatic heterocycles. The molecule has 2 amide bonds. The molecule has 0 saturated carbocycles. The van der Waals surface area contributed by atoms with Crippen molar-refractivity contribution in [1.82, 2.24) is 10.2 Å². The van der Waals surface area contributed by atoms with Crippen LogP contribution in [0.15, 0.2) is 28.7 Å². The number of carbonyl (C=O) groups is 2. The van der Waals surface area contributed by atoms with E-state index in [0.29, 0.717) is 5.56 Å². The van der Waals surface area contributed by atoms with E-state index in [1.807, 2.05) is 32.9 Å². The average Bonchev–Trinajstić information content (AvgIpc) is 2.35. The van der Waals surface area contributed by atoms with Crippen LogP contribution in [0.1, 0.15) is 33.3 Å². The largest absolute Gasteiger partial charge is 0.350 e. The molecule has 1 aromatic rings. The molecule has 122 valence electrons. The zero-order valence-electron chi connectivity index (χ0n) is 13.7. The van der Waals surface area contributed by atoms with Gasteiger partial charge in [0, 0.05) is 17.1 Å². The third-order valence-corrected chi connectivity index (χ3v) is 3.66. The lowest BCUT2D eigenvalue weighted by atomic mass is 9.92. The van der Waals surface area contributed by atoms with Gasteiger partial charge in [0.05, 0.1) is 6.54 Å². The topological polar surface area (TPSA) is 75.4 Å². The van der Waals surface area contributed by atoms with Crippen LogP contribution in [-0.2, 0) is 15.1 Å². The van der Waals surface area contributed by atoms with Crippen LogP contribution in [0.4, 0.5) is 0 Å². The molecule has 1 atom stereocenters. The van der Waals surface area contributed by atoms with Gasteiger partial charge in [-0.05, 0) is 45.4 Å². The van der Waals surface area contributed by atoms with Crippen LogP contribution in [0, 0.1) is 0 Å². The Balaban J connectivity index is 2.80. The molecular formula is C16H24BrN3O2. The van der Waals surface area contributed by atoms with E-state index in [0.717, 1.165) is 4.47 Å². The summed E-state index contributed by atoms with van der Waals surface area (Å²) in [4.78, 5) is 25.8. The Hall–Kier alpha value is -1.40. The number of carbonyl (C=O) groups excluding carboxylic acids is 2. The van der Waals surface area contributed by atoms with Crippen molar-refractivity contribution in [2.75, 3.05) is 13.6 Å². The second-order valence-corrected chi connectivity index (χ2v) is 7.58. The monoisotopic (exact) mass is 369 g/mol. The zero-order valence-corrected chi connectivity index (χ0v) is 15.3. The van der Waals surface area contributed by atoms with Gasteiger partial charge in [-0.25, -0.2) is 0 Å². The van der Waals surface area contributed by atoms with Crippen LogP contribution >= 0.6 is 15.9 Å². The van der Waals surface area contributed by atoms with Gasteiger partial charge in [0.2, 0.25) is 11.8 Å². The van der Waals surface area contributed by atoms with Crippen LogP contribution in [0.5, 0.6) is 0 Å². The Labute approximate surface area is 140 Å². The highest BCUT2D eigenvalue weighted by Crippen LogP contribution is 2.22. The van der Waals surface area contributed by atoms with Crippen molar-refractivity contribution in [3.63, 3.8) is 0 Å². The third kappa shape index (κ3) is 5.10. The number of nitrogens with one attached hydrogen (secondary N) is 1. The van der Waals surface area contributed by atoms with E-state index in [4.69, 9.17) is 5.73 Å². The first-order chi connectivity index (χ1) is 9.93. The highest BCUT2D eigenvalue weighted by Gasteiger charge is 2.34. The third-order valence-electron chi connectivity index (χ3n) is 3.13. The molecule has 1 unspecified atom stereocenters. The number of rotatable bonds is 4. The summed E-state index contributed by atoms with van der Waals surface area (Å²) < 4.78 is 0.914. The molecule has 0 spiro atoms. The average molecular weight is 370 g/mol. The number of halogens is 1. The number of nitrogens with two attached hydrogens (primary N) is 1. The van der Waals surface area contributed by atoms with Crippen molar-refractivity contribution in [2.24, 2.45) is 5.73 Å². The first-order valence-electron chi connectivity index (χ1n) is 7.05. The molecule has 0 radical (unpaired) electrons. The summed E-state index contributed by atoms with van der Waals surface area (Å²) in [6.45, 7) is 7.29. The molecule has 3 N–H and O–H groups in total. The summed E-state index contributed by atoms with van der Waals surface area (Å²) >= 11 is 3.35. The smallest absolute Gasteiger partial charge is 0.247 e. The van der Waals surface area contributed by atoms with Gasteiger partial charge in [-0.15, -0.1) is 0 Å². The first-order valence-corrected chi connectivity index (χ1v) is 7.84. The minimum atomic E-state index is -1.18. The minimum absolute atomic E-state index is 0.0284. The standard InChI is InChI=1S/C16H24BrN3O2/c1-15(2,3)19-13(21)10-20(5)14(22)16(4,18)11-6-8-12(17)9-7-11/h6-9H,10,18H2,1-5H3,(H,19,21). The molecule has 0 aromatic heterocycles. The molecule has 0 saturated heterocycles. The SMILES string of the molecule is CN(CC(=O)NC(C)(C)C)C(=O)C(C)(N)c1ccc(Br)cc1. The summed E-state index contributed by atoms with van der Waals surface area (Å²) in [6.07, 6.45) is 0. The second kappa shape index (κ2) is 6.79. The Morgan fingerprint density at radius 1 is 1.18 bits per heavy atom. The molecule has 0 fully saturated rings. The van der Waals surface area contributed by atoms with Gasteiger partial charge < -0.3 is 16.0 Å². The summed E-state index contributed by atoms with van der Waals surface area (Å²) in [6, 6.07) is 7.26. The van der Waals surface area contributed by atoms with Crippen molar-refractivity contribution in [1.29, 1.82) is 0 Å². The molecule has 1 rings (SSSR count). The first kappa shape index (κ1) is 18.6. The number of amides is 2. The maximum atomic E-state index is 12.6. The van der Waals surface area contributed by atoms with Gasteiger partial charge in [0.1, 0.15) is 5.54 Å². The van der Waals surface area contributed by atoms with Crippen molar-refractivity contribution in [3.8, 4) is 0 Å². The van der Waals surface area contributed by atoms with E-state index in [1.165, 1.54) is 4.90 Å². The molecule has 0 heterocycles. The second-order valence-electron chi connectivity index (χ2n) is 6.67. The predicted octanol–water partition coefficient (Wildman–Crippen LogP) is 2.00. The lowest BCUT2D eigenvalue weighted by molar-refractivity contribution is -0.139. The molecule has 6 heteroatoms. The lowest BCUT2D eigenvalue weighted by Crippen LogP contribution is -2.53. The number of likely N-dealkylation sites (N-methyl/N-ethyl adjacent to an activating group) is 1. The summed E-state index contributed by atoms with van der Waals surface area (Å²) in [5.74, 6) is -0.520. The van der Waals surface area contributed by atoms with Gasteiger partial charge in [-0.2, -0.15) is 0 Å². The summed E-state index contributed by atoms with van der Waals surface area (Å²) in [5, 5.41) is 2.82. The minimum Gasteiger partial charge on any atom is -0.350 e. The van der Waals surface area contributed by atoms with Crippen molar-refractivity contribution < 1.29 is 9.59 Å². The fourth-order valence-corrected chi connectivity index (χ4v) is 2.33. The van der Waals surface area contributed by atoms with Gasteiger partial charge in [-0.1, -0.05) is 28.1 Å². The predicted molar refractivity (Wildman–Crippen MR) is 91.2 cm³/mol. The number of benzene rings is 1. The van der Waals surface area contributed by atoms with Crippen LogP contribution in [0.25, 0.3) is 0 Å². The summed E-state index contributed by atoms with van der Waals surface area (Å²) in [5.41, 5.74) is 5.38. The Morgan fingerprint density at radius 3 is 2.14 bits per heavy atom. The highest BCUT2D eigenvalue weighted by molar-refractivity contribution is 9.10. The van der Waals surface area contributed by atoms with E-state index in [9.17, 15) is 9.59 Å². The Morgan fingerprint density at radius 2 is 1.68 bits per heavy atom. The van der Waals surface area contributed by atoms with E-state index >= 15 is 0 Å². The fraction of sp³-hybridized carbons (Fsp3) is 0.500. The van der Waals surface area contributed by atoms with Crippen LogP contribution in [0.3, 0.4) is 0 Å². The van der Waals surface area contributed by atoms with Gasteiger partial charge in [0.25, 0.3) is 0 Å². The Bertz CT molecular complexity index is 548. The lowest BCUT2D eigenvalue weighted by Gasteiger charge is -2.30. The molecule has 22 heavy (non-hydrogen) atoms. The molecule has 0 aliphatic rings. The normalized spacial score (nSPS) is 14.1. The van der Waals surface area contributed by atoms with Crippen LogP contribution in [-0.4, -0.2) is 35.8 Å².